The Bertz CT molecular complexity index is 1280. The lowest BCUT2D eigenvalue weighted by molar-refractivity contribution is -0.117. The Labute approximate surface area is 274 Å². The van der Waals surface area contributed by atoms with E-state index in [-0.39, 0.29) is 16.7 Å². The van der Waals surface area contributed by atoms with Gasteiger partial charge in [-0.2, -0.15) is 0 Å². The van der Waals surface area contributed by atoms with E-state index in [0.717, 1.165) is 37.7 Å². The second-order valence-electron chi connectivity index (χ2n) is 11.8. The first-order chi connectivity index (χ1) is 20.9. The topological polar surface area (TPSA) is 55.2 Å². The van der Waals surface area contributed by atoms with Crippen molar-refractivity contribution in [2.24, 2.45) is 0 Å². The zero-order valence-electron chi connectivity index (χ0n) is 29.6. The summed E-state index contributed by atoms with van der Waals surface area (Å²) in [6.07, 6.45) is 12.5. The highest BCUT2D eigenvalue weighted by Crippen LogP contribution is 2.50. The number of fused-ring (bicyclic) bond motifs is 1. The predicted octanol–water partition coefficient (Wildman–Crippen LogP) is 10.1. The van der Waals surface area contributed by atoms with E-state index in [1.807, 2.05) is 27.7 Å². The van der Waals surface area contributed by atoms with Gasteiger partial charge in [0.2, 0.25) is 0 Å². The average Bonchev–Trinajstić information content (AvgIpc) is 3.26. The molecular weight excluding hydrogens is 561 g/mol. The highest BCUT2D eigenvalue weighted by atomic mass is 32.2. The molecule has 44 heavy (non-hydrogen) atoms. The van der Waals surface area contributed by atoms with Gasteiger partial charge in [-0.25, -0.2) is 4.72 Å². The normalized spacial score (nSPS) is 17.3. The number of unbranched alkanes of at least 4 members (excludes halogenated alkanes) is 2. The van der Waals surface area contributed by atoms with E-state index in [1.54, 1.807) is 18.9 Å². The lowest BCUT2D eigenvalue weighted by Crippen LogP contribution is -2.38. The Morgan fingerprint density at radius 2 is 1.77 bits per heavy atom. The molecule has 1 unspecified atom stereocenters. The SMILES string of the molecule is C=C(/C=C/C=C1/N(C)c2ccc3cc2C1(C)NS3)C(C)(C)c1cc(C)ccc1CCC.CC.CC.CC(=O)CCCCC[OH2+]. The summed E-state index contributed by atoms with van der Waals surface area (Å²) in [4.78, 5) is 13.9. The molecule has 0 radical (unpaired) electrons. The number of carbonyl (C=O) groups excluding carboxylic acids is 1. The smallest absolute Gasteiger partial charge is 0.143 e. The van der Waals surface area contributed by atoms with Gasteiger partial charge in [0.25, 0.3) is 0 Å². The number of nitrogens with one attached hydrogen (secondary N) is 1. The highest BCUT2D eigenvalue weighted by molar-refractivity contribution is 7.97. The number of Topliss-reactive ketones (excluding diaryl/α,β-unsaturated/α-hetero) is 1. The van der Waals surface area contributed by atoms with Crippen molar-refractivity contribution in [1.29, 1.82) is 0 Å². The van der Waals surface area contributed by atoms with Gasteiger partial charge < -0.3 is 14.8 Å². The number of carbonyl (C=O) groups is 1. The van der Waals surface area contributed by atoms with Crippen LogP contribution >= 0.6 is 11.9 Å². The molecule has 3 N–H and O–H groups in total. The number of ketones is 1. The molecule has 1 atom stereocenters. The largest absolute Gasteiger partial charge is 0.445 e. The van der Waals surface area contributed by atoms with Crippen molar-refractivity contribution in [1.82, 2.24) is 4.72 Å². The maximum absolute atomic E-state index is 10.4. The molecule has 0 spiro atoms. The van der Waals surface area contributed by atoms with Gasteiger partial charge in [0, 0.05) is 47.1 Å². The van der Waals surface area contributed by atoms with Crippen molar-refractivity contribution in [3.8, 4) is 0 Å². The monoisotopic (exact) mass is 621 g/mol. The molecule has 4 rings (SSSR count). The fourth-order valence-electron chi connectivity index (χ4n) is 5.49. The molecule has 5 heteroatoms. The minimum Gasteiger partial charge on any atom is -0.445 e. The Balaban J connectivity index is 0.000000636. The number of likely N-dealkylation sites (N-methyl/N-ethyl adjacent to an activating group) is 1. The molecule has 0 amide bonds. The summed E-state index contributed by atoms with van der Waals surface area (Å²) in [6.45, 7) is 25.9. The second kappa shape index (κ2) is 19.0. The van der Waals surface area contributed by atoms with Gasteiger partial charge in [0.1, 0.15) is 12.4 Å². The number of hydrogen-bond acceptors (Lipinski definition) is 4. The van der Waals surface area contributed by atoms with Crippen LogP contribution < -0.4 is 9.62 Å². The number of hydrogen-bond donors (Lipinski definition) is 1. The first kappa shape index (κ1) is 39.4. The second-order valence-corrected chi connectivity index (χ2v) is 12.7. The molecule has 0 saturated heterocycles. The minimum absolute atomic E-state index is 0.117. The van der Waals surface area contributed by atoms with Crippen LogP contribution in [0.4, 0.5) is 5.69 Å². The highest BCUT2D eigenvalue weighted by Gasteiger charge is 2.44. The molecule has 0 fully saturated rings. The number of nitrogens with zero attached hydrogens (tertiary/aromatic N) is 1. The predicted molar refractivity (Wildman–Crippen MR) is 196 cm³/mol. The Morgan fingerprint density at radius 3 is 2.39 bits per heavy atom. The molecule has 0 aliphatic carbocycles. The zero-order valence-corrected chi connectivity index (χ0v) is 30.4. The van der Waals surface area contributed by atoms with Crippen LogP contribution in [0.25, 0.3) is 0 Å². The van der Waals surface area contributed by atoms with Crippen LogP contribution in [0, 0.1) is 6.92 Å². The van der Waals surface area contributed by atoms with Gasteiger partial charge in [-0.05, 0) is 93.0 Å². The minimum atomic E-state index is -0.172. The van der Waals surface area contributed by atoms with Gasteiger partial charge in [0.15, 0.2) is 0 Å². The van der Waals surface area contributed by atoms with Gasteiger partial charge in [-0.3, -0.25) is 0 Å². The molecule has 244 valence electrons. The zero-order chi connectivity index (χ0) is 33.5. The van der Waals surface area contributed by atoms with Crippen LogP contribution in [0.5, 0.6) is 0 Å². The maximum Gasteiger partial charge on any atom is 0.143 e. The number of allylic oxidation sites excluding steroid dienone is 4. The van der Waals surface area contributed by atoms with Crippen molar-refractivity contribution in [3.05, 3.63) is 94.7 Å². The number of rotatable bonds is 11. The fraction of sp³-hybridized carbons (Fsp3) is 0.513. The third kappa shape index (κ3) is 9.95. The molecule has 2 bridgehead atoms. The molecule has 2 heterocycles. The lowest BCUT2D eigenvalue weighted by atomic mass is 9.75. The van der Waals surface area contributed by atoms with E-state index < -0.39 is 0 Å². The van der Waals surface area contributed by atoms with Crippen LogP contribution in [0.1, 0.15) is 117 Å². The van der Waals surface area contributed by atoms with Gasteiger partial charge in [0.05, 0.1) is 5.54 Å². The van der Waals surface area contributed by atoms with E-state index in [4.69, 9.17) is 5.11 Å². The van der Waals surface area contributed by atoms with Crippen LogP contribution in [0.15, 0.2) is 77.4 Å². The van der Waals surface area contributed by atoms with Gasteiger partial charge in [-0.1, -0.05) is 97.4 Å². The Kier molecular flexibility index (Phi) is 17.1. The van der Waals surface area contributed by atoms with Crippen LogP contribution in [0.2, 0.25) is 0 Å². The van der Waals surface area contributed by atoms with Crippen LogP contribution in [0.3, 0.4) is 0 Å². The average molecular weight is 622 g/mol. The number of benzene rings is 2. The van der Waals surface area contributed by atoms with Crippen LogP contribution in [-0.4, -0.2) is 24.5 Å². The molecule has 2 aromatic carbocycles. The quantitative estimate of drug-likeness (QED) is 0.117. The summed E-state index contributed by atoms with van der Waals surface area (Å²) in [5, 5.41) is 6.80. The molecule has 2 aliphatic rings. The Hall–Kier alpha value is -2.60. The summed E-state index contributed by atoms with van der Waals surface area (Å²) in [5.74, 6) is 0.264. The number of anilines is 1. The summed E-state index contributed by atoms with van der Waals surface area (Å²) in [6, 6.07) is 13.6. The fourth-order valence-corrected chi connectivity index (χ4v) is 6.34. The van der Waals surface area contributed by atoms with Crippen molar-refractivity contribution >= 4 is 23.4 Å². The van der Waals surface area contributed by atoms with E-state index >= 15 is 0 Å². The molecule has 4 nitrogen and oxygen atoms in total. The molecule has 2 aliphatic heterocycles. The number of aryl methyl sites for hydroxylation is 2. The van der Waals surface area contributed by atoms with Crippen LogP contribution in [-0.2, 0) is 22.2 Å². The third-order valence-corrected chi connectivity index (χ3v) is 9.13. The maximum atomic E-state index is 10.4. The summed E-state index contributed by atoms with van der Waals surface area (Å²) >= 11 is 1.71. The summed E-state index contributed by atoms with van der Waals surface area (Å²) in [7, 11) is 2.16. The van der Waals surface area contributed by atoms with Crippen molar-refractivity contribution in [3.63, 3.8) is 0 Å². The van der Waals surface area contributed by atoms with Gasteiger partial charge in [-0.15, -0.1) is 0 Å². The lowest BCUT2D eigenvalue weighted by Gasteiger charge is -2.32. The third-order valence-electron chi connectivity index (χ3n) is 8.13. The first-order valence-electron chi connectivity index (χ1n) is 16.6. The van der Waals surface area contributed by atoms with E-state index in [0.29, 0.717) is 13.0 Å². The molecule has 0 aromatic heterocycles. The summed E-state index contributed by atoms with van der Waals surface area (Å²) in [5.41, 5.74) is 8.87. The molecular formula is C39H61N2O2S+. The standard InChI is InChI=1S/C28H34N2S.C7H14O2.2C2H6/c1-8-10-21-14-13-19(2)17-23(21)27(4,5)20(3)11-9-12-26-28(6)24-18-22(31-29-28)15-16-25(24)30(26)7;1-7(9)5-3-2-4-6-8;2*1-2/h9,11-18,29H,3,8,10H2,1-2,4-7H3;8H,2-6H2,1H3;2*1-2H3/p+1/b11-9+,26-12+;;;. The molecule has 2 aromatic rings. The molecule has 0 saturated carbocycles. The van der Waals surface area contributed by atoms with E-state index in [2.05, 4.69) is 112 Å². The van der Waals surface area contributed by atoms with Crippen molar-refractivity contribution in [2.75, 3.05) is 18.6 Å². The van der Waals surface area contributed by atoms with Crippen molar-refractivity contribution in [2.45, 2.75) is 124 Å². The first-order valence-corrected chi connectivity index (χ1v) is 17.4. The van der Waals surface area contributed by atoms with E-state index in [9.17, 15) is 4.79 Å². The summed E-state index contributed by atoms with van der Waals surface area (Å²) < 4.78 is 3.66. The van der Waals surface area contributed by atoms with E-state index in [1.165, 1.54) is 38.5 Å². The Morgan fingerprint density at radius 1 is 1.09 bits per heavy atom. The van der Waals surface area contributed by atoms with Crippen molar-refractivity contribution < 1.29 is 9.90 Å². The van der Waals surface area contributed by atoms with Gasteiger partial charge >= 0.3 is 0 Å².